The minimum atomic E-state index is -1.14. The molecule has 1 heterocycles. The SMILES string of the molecule is CC(NC(=O)Nc1ccc(C(=O)O)nc1)C(=O)NC1CC1. The third-order valence-electron chi connectivity index (χ3n) is 2.91. The molecule has 1 aliphatic rings. The molecule has 1 aromatic heterocycles. The molecule has 1 atom stereocenters. The van der Waals surface area contributed by atoms with E-state index < -0.39 is 18.0 Å². The molecule has 8 nitrogen and oxygen atoms in total. The second-order valence-corrected chi connectivity index (χ2v) is 4.84. The van der Waals surface area contributed by atoms with Crippen molar-refractivity contribution >= 4 is 23.6 Å². The highest BCUT2D eigenvalue weighted by Crippen LogP contribution is 2.18. The van der Waals surface area contributed by atoms with Crippen molar-refractivity contribution in [2.75, 3.05) is 5.32 Å². The Balaban J connectivity index is 1.82. The van der Waals surface area contributed by atoms with Crippen molar-refractivity contribution < 1.29 is 19.5 Å². The molecule has 2 rings (SSSR count). The summed E-state index contributed by atoms with van der Waals surface area (Å²) in [6, 6.07) is 1.72. The van der Waals surface area contributed by atoms with Crippen LogP contribution in [0.2, 0.25) is 0 Å². The fraction of sp³-hybridized carbons (Fsp3) is 0.385. The third kappa shape index (κ3) is 4.44. The number of carbonyl (C=O) groups is 3. The summed E-state index contributed by atoms with van der Waals surface area (Å²) in [5.41, 5.74) is 0.227. The van der Waals surface area contributed by atoms with Crippen LogP contribution < -0.4 is 16.0 Å². The van der Waals surface area contributed by atoms with Crippen molar-refractivity contribution in [1.29, 1.82) is 0 Å². The van der Waals surface area contributed by atoms with Gasteiger partial charge in [-0.15, -0.1) is 0 Å². The highest BCUT2D eigenvalue weighted by Gasteiger charge is 2.26. The van der Waals surface area contributed by atoms with E-state index in [0.29, 0.717) is 5.69 Å². The molecule has 0 bridgehead atoms. The van der Waals surface area contributed by atoms with Crippen LogP contribution in [0.15, 0.2) is 18.3 Å². The molecule has 3 amide bonds. The Kier molecular flexibility index (Phi) is 4.36. The van der Waals surface area contributed by atoms with Crippen LogP contribution >= 0.6 is 0 Å². The summed E-state index contributed by atoms with van der Waals surface area (Å²) >= 11 is 0. The number of amides is 3. The predicted octanol–water partition coefficient (Wildman–Crippen LogP) is 0.568. The maximum Gasteiger partial charge on any atom is 0.354 e. The number of anilines is 1. The number of aromatic nitrogens is 1. The lowest BCUT2D eigenvalue weighted by atomic mass is 10.3. The Morgan fingerprint density at radius 1 is 1.33 bits per heavy atom. The summed E-state index contributed by atoms with van der Waals surface area (Å²) in [6.45, 7) is 1.59. The zero-order valence-electron chi connectivity index (χ0n) is 11.4. The largest absolute Gasteiger partial charge is 0.477 e. The van der Waals surface area contributed by atoms with E-state index in [1.807, 2.05) is 0 Å². The number of carbonyl (C=O) groups excluding carboxylic acids is 2. The lowest BCUT2D eigenvalue weighted by Crippen LogP contribution is -2.46. The van der Waals surface area contributed by atoms with Gasteiger partial charge in [-0.3, -0.25) is 4.79 Å². The summed E-state index contributed by atoms with van der Waals surface area (Å²) in [6.07, 6.45) is 3.19. The van der Waals surface area contributed by atoms with Crippen LogP contribution in [0.5, 0.6) is 0 Å². The molecule has 0 saturated heterocycles. The van der Waals surface area contributed by atoms with Crippen LogP contribution in [0, 0.1) is 0 Å². The molecule has 1 saturated carbocycles. The number of hydrogen-bond donors (Lipinski definition) is 4. The molecule has 1 unspecified atom stereocenters. The Hall–Kier alpha value is -2.64. The van der Waals surface area contributed by atoms with Crippen LogP contribution in [0.25, 0.3) is 0 Å². The molecular formula is C13H16N4O4. The first kappa shape index (κ1) is 14.8. The third-order valence-corrected chi connectivity index (χ3v) is 2.91. The average Bonchev–Trinajstić information content (AvgIpc) is 3.23. The van der Waals surface area contributed by atoms with E-state index in [1.165, 1.54) is 18.3 Å². The second-order valence-electron chi connectivity index (χ2n) is 4.84. The van der Waals surface area contributed by atoms with Crippen molar-refractivity contribution in [2.45, 2.75) is 31.8 Å². The Morgan fingerprint density at radius 2 is 2.05 bits per heavy atom. The van der Waals surface area contributed by atoms with E-state index in [1.54, 1.807) is 6.92 Å². The normalized spacial score (nSPS) is 14.9. The fourth-order valence-corrected chi connectivity index (χ4v) is 1.58. The van der Waals surface area contributed by atoms with E-state index in [-0.39, 0.29) is 17.6 Å². The van der Waals surface area contributed by atoms with E-state index in [4.69, 9.17) is 5.11 Å². The van der Waals surface area contributed by atoms with Crippen LogP contribution in [0.1, 0.15) is 30.3 Å². The van der Waals surface area contributed by atoms with Crippen molar-refractivity contribution in [3.05, 3.63) is 24.0 Å². The van der Waals surface area contributed by atoms with Crippen LogP contribution in [-0.2, 0) is 4.79 Å². The Bertz CT molecular complexity index is 554. The molecule has 8 heteroatoms. The van der Waals surface area contributed by atoms with Gasteiger partial charge in [0.1, 0.15) is 11.7 Å². The van der Waals surface area contributed by atoms with E-state index in [9.17, 15) is 14.4 Å². The molecule has 0 radical (unpaired) electrons. The summed E-state index contributed by atoms with van der Waals surface area (Å²) in [5.74, 6) is -1.37. The maximum absolute atomic E-state index is 11.7. The molecule has 0 spiro atoms. The molecule has 0 aliphatic heterocycles. The summed E-state index contributed by atoms with van der Waals surface area (Å²) < 4.78 is 0. The standard InChI is InChI=1S/C13H16N4O4/c1-7(11(18)16-8-2-3-8)15-13(21)17-9-4-5-10(12(19)20)14-6-9/h4-8H,2-3H2,1H3,(H,16,18)(H,19,20)(H2,15,17,21). The van der Waals surface area contributed by atoms with E-state index >= 15 is 0 Å². The molecule has 21 heavy (non-hydrogen) atoms. The Labute approximate surface area is 120 Å². The molecule has 4 N–H and O–H groups in total. The van der Waals surface area contributed by atoms with Gasteiger partial charge >= 0.3 is 12.0 Å². The molecule has 1 fully saturated rings. The molecule has 0 aromatic carbocycles. The average molecular weight is 292 g/mol. The quantitative estimate of drug-likeness (QED) is 0.632. The monoisotopic (exact) mass is 292 g/mol. The van der Waals surface area contributed by atoms with Crippen LogP contribution in [0.4, 0.5) is 10.5 Å². The van der Waals surface area contributed by atoms with Crippen LogP contribution in [-0.4, -0.2) is 40.1 Å². The number of nitrogens with zero attached hydrogens (tertiary/aromatic N) is 1. The van der Waals surface area contributed by atoms with Gasteiger partial charge in [-0.25, -0.2) is 14.6 Å². The number of carboxylic acids is 1. The predicted molar refractivity (Wildman–Crippen MR) is 74.0 cm³/mol. The zero-order chi connectivity index (χ0) is 15.4. The Morgan fingerprint density at radius 3 is 2.57 bits per heavy atom. The minimum Gasteiger partial charge on any atom is -0.477 e. The maximum atomic E-state index is 11.7. The van der Waals surface area contributed by atoms with E-state index in [0.717, 1.165) is 12.8 Å². The minimum absolute atomic E-state index is 0.113. The van der Waals surface area contributed by atoms with Crippen molar-refractivity contribution in [3.8, 4) is 0 Å². The summed E-state index contributed by atoms with van der Waals surface area (Å²) in [7, 11) is 0. The van der Waals surface area contributed by atoms with Crippen LogP contribution in [0.3, 0.4) is 0 Å². The van der Waals surface area contributed by atoms with Gasteiger partial charge in [-0.2, -0.15) is 0 Å². The summed E-state index contributed by atoms with van der Waals surface area (Å²) in [4.78, 5) is 37.7. The lowest BCUT2D eigenvalue weighted by Gasteiger charge is -2.14. The number of hydrogen-bond acceptors (Lipinski definition) is 4. The number of nitrogens with one attached hydrogen (secondary N) is 3. The van der Waals surface area contributed by atoms with Gasteiger partial charge in [-0.05, 0) is 31.9 Å². The number of carboxylic acid groups (broad SMARTS) is 1. The lowest BCUT2D eigenvalue weighted by molar-refractivity contribution is -0.122. The number of rotatable bonds is 5. The van der Waals surface area contributed by atoms with Crippen molar-refractivity contribution in [2.24, 2.45) is 0 Å². The molecular weight excluding hydrogens is 276 g/mol. The molecule has 1 aromatic rings. The highest BCUT2D eigenvalue weighted by molar-refractivity contribution is 5.94. The first-order chi connectivity index (χ1) is 9.95. The van der Waals surface area contributed by atoms with Gasteiger partial charge in [0.05, 0.1) is 11.9 Å². The summed E-state index contributed by atoms with van der Waals surface area (Å²) in [5, 5.41) is 16.5. The topological polar surface area (TPSA) is 120 Å². The highest BCUT2D eigenvalue weighted by atomic mass is 16.4. The smallest absolute Gasteiger partial charge is 0.354 e. The number of pyridine rings is 1. The first-order valence-electron chi connectivity index (χ1n) is 6.53. The van der Waals surface area contributed by atoms with Crippen molar-refractivity contribution in [1.82, 2.24) is 15.6 Å². The zero-order valence-corrected chi connectivity index (χ0v) is 11.4. The van der Waals surface area contributed by atoms with Gasteiger partial charge in [0.2, 0.25) is 5.91 Å². The van der Waals surface area contributed by atoms with Gasteiger partial charge in [-0.1, -0.05) is 0 Å². The van der Waals surface area contributed by atoms with E-state index in [2.05, 4.69) is 20.9 Å². The van der Waals surface area contributed by atoms with Gasteiger partial charge in [0.25, 0.3) is 0 Å². The van der Waals surface area contributed by atoms with Gasteiger partial charge in [0.15, 0.2) is 0 Å². The number of aromatic carboxylic acids is 1. The van der Waals surface area contributed by atoms with Crippen molar-refractivity contribution in [3.63, 3.8) is 0 Å². The van der Waals surface area contributed by atoms with Gasteiger partial charge in [0, 0.05) is 6.04 Å². The number of urea groups is 1. The molecule has 112 valence electrons. The van der Waals surface area contributed by atoms with Gasteiger partial charge < -0.3 is 21.1 Å². The molecule has 1 aliphatic carbocycles. The fourth-order valence-electron chi connectivity index (χ4n) is 1.58. The first-order valence-corrected chi connectivity index (χ1v) is 6.53. The second kappa shape index (κ2) is 6.21.